The predicted octanol–water partition coefficient (Wildman–Crippen LogP) is 8.69. The molecule has 1 saturated carbocycles. The Balaban J connectivity index is 0.728. The minimum Gasteiger partial charge on any atom is -0.488 e. The fourth-order valence-corrected chi connectivity index (χ4v) is 12.4. The topological polar surface area (TPSA) is 185 Å². The third-order valence-electron chi connectivity index (χ3n) is 16.2. The second-order valence-electron chi connectivity index (χ2n) is 20.6. The van der Waals surface area contributed by atoms with Gasteiger partial charge in [-0.25, -0.2) is 13.6 Å². The molecular formula is C56H63ClF2N8O7. The molecule has 4 fully saturated rings. The zero-order valence-electron chi connectivity index (χ0n) is 41.8. The van der Waals surface area contributed by atoms with Crippen molar-refractivity contribution in [2.45, 2.75) is 88.7 Å². The van der Waals surface area contributed by atoms with Crippen LogP contribution in [0.15, 0.2) is 79.0 Å². The quantitative estimate of drug-likeness (QED) is 0.0839. The number of benzene rings is 4. The Labute approximate surface area is 434 Å². The highest BCUT2D eigenvalue weighted by atomic mass is 35.5. The second-order valence-corrected chi connectivity index (χ2v) is 20.9. The minimum absolute atomic E-state index is 0.0235. The van der Waals surface area contributed by atoms with Gasteiger partial charge in [0.15, 0.2) is 23.0 Å². The number of imide groups is 1. The fourth-order valence-electron chi connectivity index (χ4n) is 12.2. The summed E-state index contributed by atoms with van der Waals surface area (Å²) in [5.41, 5.74) is 7.15. The van der Waals surface area contributed by atoms with E-state index in [4.69, 9.17) is 26.8 Å². The van der Waals surface area contributed by atoms with Gasteiger partial charge in [0.25, 0.3) is 0 Å². The van der Waals surface area contributed by atoms with E-state index >= 15 is 8.78 Å². The van der Waals surface area contributed by atoms with Gasteiger partial charge in [-0.1, -0.05) is 48.9 Å². The van der Waals surface area contributed by atoms with Crippen LogP contribution in [0.1, 0.15) is 98.5 Å². The molecule has 5 aliphatic rings. The van der Waals surface area contributed by atoms with Gasteiger partial charge < -0.3 is 35.4 Å². The molecule has 0 spiro atoms. The van der Waals surface area contributed by atoms with E-state index in [0.29, 0.717) is 29.8 Å². The Kier molecular flexibility index (Phi) is 14.6. The number of nitrogens with one attached hydrogen (secondary N) is 2. The van der Waals surface area contributed by atoms with E-state index in [1.165, 1.54) is 29.5 Å². The van der Waals surface area contributed by atoms with Crippen molar-refractivity contribution in [3.63, 3.8) is 0 Å². The number of urea groups is 1. The number of hydrogen-bond acceptors (Lipinski definition) is 10. The van der Waals surface area contributed by atoms with Gasteiger partial charge in [0.1, 0.15) is 18.2 Å². The molecule has 0 radical (unpaired) electrons. The smallest absolute Gasteiger partial charge is 0.329 e. The highest BCUT2D eigenvalue weighted by Crippen LogP contribution is 2.57. The van der Waals surface area contributed by atoms with E-state index in [-0.39, 0.29) is 71.6 Å². The number of aliphatic hydroxyl groups excluding tert-OH is 1. The van der Waals surface area contributed by atoms with Gasteiger partial charge in [0.2, 0.25) is 17.7 Å². The lowest BCUT2D eigenvalue weighted by molar-refractivity contribution is -0.138. The number of piperidine rings is 2. The molecule has 5 amide bonds. The lowest BCUT2D eigenvalue weighted by Crippen LogP contribution is -2.49. The number of nitrogens with two attached hydrogens (primary N) is 1. The van der Waals surface area contributed by atoms with E-state index in [1.54, 1.807) is 4.68 Å². The maximum Gasteiger partial charge on any atom is 0.329 e. The number of rotatable bonds is 14. The number of primary amides is 1. The third kappa shape index (κ3) is 9.76. The summed E-state index contributed by atoms with van der Waals surface area (Å²) in [6.45, 7) is 5.11. The first-order valence-electron chi connectivity index (χ1n) is 25.9. The van der Waals surface area contributed by atoms with Crippen LogP contribution in [0, 0.1) is 29.4 Å². The average Bonchev–Trinajstić information content (AvgIpc) is 3.88. The standard InChI is InChI=1S/C56H63ClF2N8O7/c1-33-47-45(32-42(58)50(57)49(47)48-41(52(60)70)14-15-44(51(48)59)73-29-28-68)74-56(33,37-6-4-3-5-7-37)21-22-61-38-10-8-36(9-11-38)54(71)66-25-18-35(19-26-66)30-34-16-23-65(24-17-34)39-12-13-40-43(31-39)64(2)63-53(40)67-27-20-46(69)62-55(67)72/h3-7,12-15,21-22,31-36,38,61,68H,8-11,16-20,23-30H2,1-2H3,(H2,60,70)(H,62,69,72)/b22-21-/t33-,36?,38?,56-/m0/s1. The van der Waals surface area contributed by atoms with Crippen molar-refractivity contribution in [2.24, 2.45) is 30.5 Å². The zero-order valence-corrected chi connectivity index (χ0v) is 42.5. The van der Waals surface area contributed by atoms with Crippen molar-refractivity contribution >= 4 is 57.8 Å². The van der Waals surface area contributed by atoms with Crippen LogP contribution in [0.4, 0.5) is 25.1 Å². The van der Waals surface area contributed by atoms with Gasteiger partial charge in [-0.05, 0) is 118 Å². The van der Waals surface area contributed by atoms with Crippen LogP contribution in [0.5, 0.6) is 11.5 Å². The first-order chi connectivity index (χ1) is 35.7. The van der Waals surface area contributed by atoms with Crippen molar-refractivity contribution < 1.29 is 42.5 Å². The summed E-state index contributed by atoms with van der Waals surface area (Å²) in [4.78, 5) is 57.0. The number of aryl methyl sites for hydroxylation is 1. The summed E-state index contributed by atoms with van der Waals surface area (Å²) in [5.74, 6) is -1.75. The number of anilines is 2. The summed E-state index contributed by atoms with van der Waals surface area (Å²) >= 11 is 6.70. The Morgan fingerprint density at radius 2 is 1.66 bits per heavy atom. The van der Waals surface area contributed by atoms with Crippen LogP contribution in [-0.2, 0) is 22.2 Å². The number of aliphatic hydroxyl groups is 1. The summed E-state index contributed by atoms with van der Waals surface area (Å²) < 4.78 is 46.3. The van der Waals surface area contributed by atoms with Crippen LogP contribution < -0.4 is 35.6 Å². The highest BCUT2D eigenvalue weighted by molar-refractivity contribution is 6.34. The van der Waals surface area contributed by atoms with Crippen molar-refractivity contribution in [3.8, 4) is 22.6 Å². The molecule has 3 saturated heterocycles. The molecule has 5 N–H and O–H groups in total. The van der Waals surface area contributed by atoms with E-state index in [9.17, 15) is 24.3 Å². The summed E-state index contributed by atoms with van der Waals surface area (Å²) in [6.07, 6.45) is 12.6. The molecule has 4 aromatic carbocycles. The number of amides is 5. The van der Waals surface area contributed by atoms with E-state index < -0.39 is 40.1 Å². The van der Waals surface area contributed by atoms with E-state index in [0.717, 1.165) is 99.7 Å². The Bertz CT molecular complexity index is 2980. The van der Waals surface area contributed by atoms with Crippen LogP contribution in [-0.4, -0.2) is 95.5 Å². The number of nitrogens with zero attached hydrogens (tertiary/aromatic N) is 5. The van der Waals surface area contributed by atoms with Crippen molar-refractivity contribution in [1.29, 1.82) is 0 Å². The molecule has 5 heterocycles. The lowest BCUT2D eigenvalue weighted by atomic mass is 9.77. The van der Waals surface area contributed by atoms with Crippen LogP contribution in [0.3, 0.4) is 0 Å². The monoisotopic (exact) mass is 1030 g/mol. The molecule has 390 valence electrons. The fraction of sp³-hybridized carbons (Fsp3) is 0.446. The SMILES string of the molecule is C[C@H]1c2c(cc(F)c(Cl)c2-c2c(C(N)=O)ccc(OCCO)c2F)O[C@]1(/C=C\NC1CCC(C(=O)N2CCC(CC3CCN(c4ccc5c(N6CCC(=O)NC6=O)nn(C)c5c4)CC3)CC2)CC1)c1ccccc1. The first kappa shape index (κ1) is 50.8. The molecule has 18 heteroatoms. The number of hydrogen-bond donors (Lipinski definition) is 4. The molecule has 0 unspecified atom stereocenters. The van der Waals surface area contributed by atoms with E-state index in [2.05, 4.69) is 37.7 Å². The summed E-state index contributed by atoms with van der Waals surface area (Å²) in [5, 5.41) is 20.4. The van der Waals surface area contributed by atoms with Gasteiger partial charge in [0, 0.05) is 97.9 Å². The van der Waals surface area contributed by atoms with Crippen LogP contribution in [0.25, 0.3) is 22.0 Å². The maximum absolute atomic E-state index is 16.4. The van der Waals surface area contributed by atoms with Gasteiger partial charge in [-0.15, -0.1) is 0 Å². The summed E-state index contributed by atoms with van der Waals surface area (Å²) in [6, 6.07) is 19.1. The van der Waals surface area contributed by atoms with Gasteiger partial charge in [0.05, 0.1) is 22.7 Å². The van der Waals surface area contributed by atoms with Crippen molar-refractivity contribution in [2.75, 3.05) is 55.7 Å². The third-order valence-corrected chi connectivity index (χ3v) is 16.6. The number of fused-ring (bicyclic) bond motifs is 2. The largest absolute Gasteiger partial charge is 0.488 e. The lowest BCUT2D eigenvalue weighted by Gasteiger charge is -2.39. The van der Waals surface area contributed by atoms with Gasteiger partial charge in [-0.2, -0.15) is 5.10 Å². The van der Waals surface area contributed by atoms with Crippen LogP contribution in [0.2, 0.25) is 5.02 Å². The maximum atomic E-state index is 16.4. The molecule has 1 aromatic heterocycles. The van der Waals surface area contributed by atoms with E-state index in [1.807, 2.05) is 62.6 Å². The molecule has 15 nitrogen and oxygen atoms in total. The molecule has 2 atom stereocenters. The minimum atomic E-state index is -1.21. The average molecular weight is 1030 g/mol. The molecule has 74 heavy (non-hydrogen) atoms. The molecule has 4 aliphatic heterocycles. The van der Waals surface area contributed by atoms with Crippen molar-refractivity contribution in [1.82, 2.24) is 25.3 Å². The Morgan fingerprint density at radius 1 is 0.946 bits per heavy atom. The highest BCUT2D eigenvalue weighted by Gasteiger charge is 2.49. The summed E-state index contributed by atoms with van der Waals surface area (Å²) in [7, 11) is 1.88. The number of carbonyl (C=O) groups is 4. The predicted molar refractivity (Wildman–Crippen MR) is 278 cm³/mol. The molecular weight excluding hydrogens is 970 g/mol. The number of halogens is 3. The van der Waals surface area contributed by atoms with Gasteiger partial charge >= 0.3 is 6.03 Å². The van der Waals surface area contributed by atoms with Crippen molar-refractivity contribution in [3.05, 3.63) is 112 Å². The normalized spacial score (nSPS) is 22.8. The van der Waals surface area contributed by atoms with Crippen LogP contribution >= 0.6 is 11.6 Å². The Morgan fingerprint density at radius 3 is 2.35 bits per heavy atom. The number of carbonyl (C=O) groups excluding carboxylic acids is 4. The number of ether oxygens (including phenoxy) is 2. The Hall–Kier alpha value is -6.72. The molecule has 5 aromatic rings. The molecule has 1 aliphatic carbocycles. The molecule has 10 rings (SSSR count). The van der Waals surface area contributed by atoms with Gasteiger partial charge in [-0.3, -0.25) is 29.3 Å². The number of aromatic nitrogens is 2. The number of likely N-dealkylation sites (tertiary alicyclic amines) is 1. The zero-order chi connectivity index (χ0) is 51.8. The first-order valence-corrected chi connectivity index (χ1v) is 26.3. The second kappa shape index (κ2) is 21.3. The molecule has 0 bridgehead atoms.